The van der Waals surface area contributed by atoms with Gasteiger partial charge in [0.2, 0.25) is 10.0 Å². The molecule has 0 aliphatic heterocycles. The van der Waals surface area contributed by atoms with Crippen LogP contribution in [0.15, 0.2) is 32.0 Å². The zero-order valence-corrected chi connectivity index (χ0v) is 15.5. The maximum absolute atomic E-state index is 12.1. The first-order chi connectivity index (χ1) is 9.33. The Labute approximate surface area is 137 Å². The van der Waals surface area contributed by atoms with Crippen molar-refractivity contribution in [1.29, 1.82) is 0 Å². The topological polar surface area (TPSA) is 55.4 Å². The van der Waals surface area contributed by atoms with Crippen molar-refractivity contribution in [2.24, 2.45) is 5.92 Å². The number of hydrogen-bond acceptors (Lipinski definition) is 3. The van der Waals surface area contributed by atoms with Gasteiger partial charge in [0.25, 0.3) is 0 Å². The Kier molecular flexibility index (Phi) is 7.68. The van der Waals surface area contributed by atoms with Crippen LogP contribution in [0.3, 0.4) is 0 Å². The molecule has 0 bridgehead atoms. The summed E-state index contributed by atoms with van der Waals surface area (Å²) in [6.45, 7) is 5.78. The van der Waals surface area contributed by atoms with Crippen LogP contribution in [-0.2, 0) is 14.8 Å². The van der Waals surface area contributed by atoms with Crippen LogP contribution < -0.4 is 4.72 Å². The number of sulfonamides is 1. The summed E-state index contributed by atoms with van der Waals surface area (Å²) in [6, 6.07) is 4.97. The normalized spacial score (nSPS) is 12.1. The van der Waals surface area contributed by atoms with E-state index in [4.69, 9.17) is 4.74 Å². The minimum absolute atomic E-state index is 0.240. The molecule has 1 aromatic carbocycles. The average molecular weight is 429 g/mol. The number of rotatable bonds is 8. The highest BCUT2D eigenvalue weighted by molar-refractivity contribution is 9.11. The molecular formula is C13H19Br2NO3S. The maximum atomic E-state index is 12.1. The van der Waals surface area contributed by atoms with Gasteiger partial charge < -0.3 is 4.74 Å². The highest BCUT2D eigenvalue weighted by Crippen LogP contribution is 2.25. The van der Waals surface area contributed by atoms with Crippen LogP contribution >= 0.6 is 31.9 Å². The lowest BCUT2D eigenvalue weighted by Crippen LogP contribution is -2.26. The lowest BCUT2D eigenvalue weighted by Gasteiger charge is -2.10. The molecule has 0 aliphatic carbocycles. The quantitative estimate of drug-likeness (QED) is 0.644. The molecule has 0 fully saturated rings. The van der Waals surface area contributed by atoms with E-state index in [2.05, 4.69) is 50.4 Å². The minimum Gasteiger partial charge on any atom is -0.381 e. The summed E-state index contributed by atoms with van der Waals surface area (Å²) in [5.74, 6) is 0.491. The van der Waals surface area contributed by atoms with E-state index in [0.29, 0.717) is 36.6 Å². The van der Waals surface area contributed by atoms with Gasteiger partial charge in [-0.1, -0.05) is 29.8 Å². The van der Waals surface area contributed by atoms with E-state index in [-0.39, 0.29) is 4.90 Å². The van der Waals surface area contributed by atoms with Gasteiger partial charge in [0.05, 0.1) is 4.90 Å². The van der Waals surface area contributed by atoms with E-state index < -0.39 is 10.0 Å². The molecule has 114 valence electrons. The monoisotopic (exact) mass is 427 g/mol. The van der Waals surface area contributed by atoms with Crippen LogP contribution in [0.2, 0.25) is 0 Å². The number of halogens is 2. The van der Waals surface area contributed by atoms with Crippen molar-refractivity contribution >= 4 is 41.9 Å². The second-order valence-electron chi connectivity index (χ2n) is 4.79. The second-order valence-corrected chi connectivity index (χ2v) is 8.30. The maximum Gasteiger partial charge on any atom is 0.241 e. The van der Waals surface area contributed by atoms with Crippen molar-refractivity contribution < 1.29 is 13.2 Å². The fourth-order valence-corrected chi connectivity index (χ4v) is 4.29. The molecule has 0 heterocycles. The van der Waals surface area contributed by atoms with E-state index in [1.807, 2.05) is 0 Å². The third-order valence-electron chi connectivity index (χ3n) is 2.39. The summed E-state index contributed by atoms with van der Waals surface area (Å²) in [4.78, 5) is 0.240. The summed E-state index contributed by atoms with van der Waals surface area (Å²) in [5, 5.41) is 0. The first kappa shape index (κ1) is 18.1. The third kappa shape index (κ3) is 6.22. The van der Waals surface area contributed by atoms with Crippen molar-refractivity contribution in [2.75, 3.05) is 19.8 Å². The SMILES string of the molecule is CC(C)COCCCNS(=O)(=O)c1ccc(Br)cc1Br. The second kappa shape index (κ2) is 8.48. The Morgan fingerprint density at radius 3 is 2.60 bits per heavy atom. The number of ether oxygens (including phenoxy) is 1. The van der Waals surface area contributed by atoms with Crippen LogP contribution in [0.5, 0.6) is 0 Å². The molecule has 0 spiro atoms. The van der Waals surface area contributed by atoms with Crippen LogP contribution in [0.4, 0.5) is 0 Å². The molecule has 1 aromatic rings. The summed E-state index contributed by atoms with van der Waals surface area (Å²) in [6.07, 6.45) is 0.653. The van der Waals surface area contributed by atoms with Crippen LogP contribution in [0, 0.1) is 5.92 Å². The molecule has 4 nitrogen and oxygen atoms in total. The van der Waals surface area contributed by atoms with Crippen molar-refractivity contribution in [2.45, 2.75) is 25.2 Å². The molecule has 0 amide bonds. The molecule has 1 N–H and O–H groups in total. The highest BCUT2D eigenvalue weighted by atomic mass is 79.9. The first-order valence-corrected chi connectivity index (χ1v) is 9.42. The molecule has 20 heavy (non-hydrogen) atoms. The molecule has 0 aliphatic rings. The van der Waals surface area contributed by atoms with Crippen LogP contribution in [0.1, 0.15) is 20.3 Å². The summed E-state index contributed by atoms with van der Waals surface area (Å²) >= 11 is 6.55. The molecule has 0 unspecified atom stereocenters. The number of nitrogens with one attached hydrogen (secondary N) is 1. The lowest BCUT2D eigenvalue weighted by molar-refractivity contribution is 0.108. The Balaban J connectivity index is 2.46. The number of hydrogen-bond donors (Lipinski definition) is 1. The van der Waals surface area contributed by atoms with Gasteiger partial charge in [-0.3, -0.25) is 0 Å². The summed E-state index contributed by atoms with van der Waals surface area (Å²) in [5.41, 5.74) is 0. The first-order valence-electron chi connectivity index (χ1n) is 6.35. The molecule has 0 aromatic heterocycles. The minimum atomic E-state index is -3.48. The van der Waals surface area contributed by atoms with Gasteiger partial charge in [0, 0.05) is 28.7 Å². The van der Waals surface area contributed by atoms with Crippen LogP contribution in [0.25, 0.3) is 0 Å². The van der Waals surface area contributed by atoms with Crippen LogP contribution in [-0.4, -0.2) is 28.2 Å². The van der Waals surface area contributed by atoms with E-state index in [1.54, 1.807) is 18.2 Å². The van der Waals surface area contributed by atoms with Crippen molar-refractivity contribution in [3.8, 4) is 0 Å². The Hall–Kier alpha value is 0.0500. The standard InChI is InChI=1S/C13H19Br2NO3S/c1-10(2)9-19-7-3-6-16-20(17,18)13-5-4-11(14)8-12(13)15/h4-5,8,10,16H,3,6-7,9H2,1-2H3. The summed E-state index contributed by atoms with van der Waals surface area (Å²) < 4.78 is 33.6. The molecule has 0 radical (unpaired) electrons. The number of benzene rings is 1. The largest absolute Gasteiger partial charge is 0.381 e. The fraction of sp³-hybridized carbons (Fsp3) is 0.538. The Bertz CT molecular complexity index is 532. The van der Waals surface area contributed by atoms with Gasteiger partial charge in [-0.05, 0) is 46.5 Å². The highest BCUT2D eigenvalue weighted by Gasteiger charge is 2.16. The van der Waals surface area contributed by atoms with Gasteiger partial charge in [-0.25, -0.2) is 13.1 Å². The average Bonchev–Trinajstić information content (AvgIpc) is 2.32. The fourth-order valence-electron chi connectivity index (χ4n) is 1.47. The zero-order valence-electron chi connectivity index (χ0n) is 11.5. The van der Waals surface area contributed by atoms with Gasteiger partial charge >= 0.3 is 0 Å². The third-order valence-corrected chi connectivity index (χ3v) is 5.32. The smallest absolute Gasteiger partial charge is 0.241 e. The zero-order chi connectivity index (χ0) is 15.2. The van der Waals surface area contributed by atoms with Gasteiger partial charge in [0.15, 0.2) is 0 Å². The van der Waals surface area contributed by atoms with E-state index in [0.717, 1.165) is 4.47 Å². The molecule has 1 rings (SSSR count). The van der Waals surface area contributed by atoms with Gasteiger partial charge in [0.1, 0.15) is 0 Å². The van der Waals surface area contributed by atoms with Crippen molar-refractivity contribution in [3.63, 3.8) is 0 Å². The Morgan fingerprint density at radius 2 is 2.00 bits per heavy atom. The predicted octanol–water partition coefficient (Wildman–Crippen LogP) is 3.55. The van der Waals surface area contributed by atoms with E-state index in [9.17, 15) is 8.42 Å². The van der Waals surface area contributed by atoms with E-state index >= 15 is 0 Å². The molecular weight excluding hydrogens is 410 g/mol. The molecule has 0 atom stereocenters. The van der Waals surface area contributed by atoms with Gasteiger partial charge in [-0.2, -0.15) is 0 Å². The van der Waals surface area contributed by atoms with Gasteiger partial charge in [-0.15, -0.1) is 0 Å². The summed E-state index contributed by atoms with van der Waals surface area (Å²) in [7, 11) is -3.48. The van der Waals surface area contributed by atoms with Crippen molar-refractivity contribution in [3.05, 3.63) is 27.1 Å². The molecule has 7 heteroatoms. The van der Waals surface area contributed by atoms with Crippen molar-refractivity contribution in [1.82, 2.24) is 4.72 Å². The molecule has 0 saturated carbocycles. The van der Waals surface area contributed by atoms with E-state index in [1.165, 1.54) is 0 Å². The molecule has 0 saturated heterocycles. The predicted molar refractivity (Wildman–Crippen MR) is 87.3 cm³/mol. The lowest BCUT2D eigenvalue weighted by atomic mass is 10.2. The Morgan fingerprint density at radius 1 is 1.30 bits per heavy atom.